The molecule has 100 valence electrons. The van der Waals surface area contributed by atoms with Crippen molar-refractivity contribution in [3.8, 4) is 0 Å². The van der Waals surface area contributed by atoms with Crippen molar-refractivity contribution in [3.63, 3.8) is 0 Å². The van der Waals surface area contributed by atoms with E-state index in [-0.39, 0.29) is 30.0 Å². The van der Waals surface area contributed by atoms with Crippen molar-refractivity contribution in [1.29, 1.82) is 0 Å². The number of nitrogens with zero attached hydrogens (tertiary/aromatic N) is 1. The Morgan fingerprint density at radius 1 is 1.53 bits per heavy atom. The van der Waals surface area contributed by atoms with E-state index in [0.717, 1.165) is 19.5 Å². The van der Waals surface area contributed by atoms with Gasteiger partial charge in [-0.05, 0) is 24.8 Å². The predicted molar refractivity (Wildman–Crippen MR) is 68.7 cm³/mol. The molecule has 2 unspecified atom stereocenters. The Hall–Kier alpha value is -0.610. The van der Waals surface area contributed by atoms with Gasteiger partial charge in [0.25, 0.3) is 0 Å². The maximum atomic E-state index is 12.2. The molecule has 0 saturated carbocycles. The largest absolute Gasteiger partial charge is 0.396 e. The summed E-state index contributed by atoms with van der Waals surface area (Å²) < 4.78 is 0. The van der Waals surface area contributed by atoms with E-state index in [1.807, 2.05) is 11.8 Å². The molecule has 1 aliphatic rings. The van der Waals surface area contributed by atoms with E-state index < -0.39 is 0 Å². The predicted octanol–water partition coefficient (Wildman–Crippen LogP) is 0.994. The first-order chi connectivity index (χ1) is 7.91. The highest BCUT2D eigenvalue weighted by atomic mass is 16.3. The topological polar surface area (TPSA) is 52.6 Å². The highest BCUT2D eigenvalue weighted by Gasteiger charge is 2.39. The van der Waals surface area contributed by atoms with Crippen LogP contribution in [0.4, 0.5) is 0 Å². The van der Waals surface area contributed by atoms with E-state index in [1.54, 1.807) is 0 Å². The summed E-state index contributed by atoms with van der Waals surface area (Å²) in [5.41, 5.74) is 0.0134. The molecule has 4 nitrogen and oxygen atoms in total. The lowest BCUT2D eigenvalue weighted by Crippen LogP contribution is -2.48. The Morgan fingerprint density at radius 2 is 2.18 bits per heavy atom. The molecule has 1 rings (SSSR count). The summed E-state index contributed by atoms with van der Waals surface area (Å²) in [6, 6.07) is 0.104. The van der Waals surface area contributed by atoms with Crippen LogP contribution in [0.1, 0.15) is 40.5 Å². The lowest BCUT2D eigenvalue weighted by atomic mass is 9.84. The molecule has 17 heavy (non-hydrogen) atoms. The van der Waals surface area contributed by atoms with Crippen molar-refractivity contribution in [2.45, 2.75) is 52.6 Å². The van der Waals surface area contributed by atoms with Crippen LogP contribution >= 0.6 is 0 Å². The zero-order valence-corrected chi connectivity index (χ0v) is 11.5. The van der Waals surface area contributed by atoms with E-state index in [4.69, 9.17) is 5.11 Å². The zero-order chi connectivity index (χ0) is 13.1. The minimum Gasteiger partial charge on any atom is -0.396 e. The number of aliphatic hydroxyl groups excluding tert-OH is 1. The molecule has 1 fully saturated rings. The SMILES string of the molecule is CCNC1CCN(C(CCO)C(C)(C)C)C1=O. The van der Waals surface area contributed by atoms with Crippen LogP contribution in [0.15, 0.2) is 0 Å². The molecule has 0 spiro atoms. The van der Waals surface area contributed by atoms with Gasteiger partial charge in [-0.1, -0.05) is 27.7 Å². The highest BCUT2D eigenvalue weighted by molar-refractivity contribution is 5.84. The smallest absolute Gasteiger partial charge is 0.240 e. The Bertz CT molecular complexity index is 261. The van der Waals surface area contributed by atoms with Gasteiger partial charge in [-0.3, -0.25) is 4.79 Å². The number of carbonyl (C=O) groups excluding carboxylic acids is 1. The van der Waals surface area contributed by atoms with Crippen LogP contribution in [0, 0.1) is 5.41 Å². The number of rotatable bonds is 5. The minimum atomic E-state index is -0.0245. The molecule has 1 amide bonds. The van der Waals surface area contributed by atoms with E-state index in [2.05, 4.69) is 26.1 Å². The quantitative estimate of drug-likeness (QED) is 0.756. The first kappa shape index (κ1) is 14.5. The Balaban J connectivity index is 2.73. The number of nitrogens with one attached hydrogen (secondary N) is 1. The third-order valence-corrected chi connectivity index (χ3v) is 3.47. The highest BCUT2D eigenvalue weighted by Crippen LogP contribution is 2.30. The molecule has 0 aromatic heterocycles. The van der Waals surface area contributed by atoms with Gasteiger partial charge < -0.3 is 15.3 Å². The minimum absolute atomic E-state index is 0.0134. The summed E-state index contributed by atoms with van der Waals surface area (Å²) in [4.78, 5) is 14.2. The van der Waals surface area contributed by atoms with Gasteiger partial charge in [0.15, 0.2) is 0 Å². The Kier molecular flexibility index (Phi) is 4.95. The second kappa shape index (κ2) is 5.83. The summed E-state index contributed by atoms with van der Waals surface area (Å²) in [7, 11) is 0. The van der Waals surface area contributed by atoms with Gasteiger partial charge in [-0.15, -0.1) is 0 Å². The summed E-state index contributed by atoms with van der Waals surface area (Å²) in [6.45, 7) is 10.2. The average molecular weight is 242 g/mol. The van der Waals surface area contributed by atoms with Crippen molar-refractivity contribution >= 4 is 5.91 Å². The van der Waals surface area contributed by atoms with Crippen LogP contribution in [0.2, 0.25) is 0 Å². The van der Waals surface area contributed by atoms with Crippen LogP contribution in [-0.4, -0.2) is 47.7 Å². The molecular formula is C13H26N2O2. The molecule has 1 aliphatic heterocycles. The molecule has 1 saturated heterocycles. The lowest BCUT2D eigenvalue weighted by Gasteiger charge is -2.38. The van der Waals surface area contributed by atoms with E-state index in [0.29, 0.717) is 6.42 Å². The second-order valence-corrected chi connectivity index (χ2v) is 5.82. The Labute approximate surface area is 104 Å². The third-order valence-electron chi connectivity index (χ3n) is 3.47. The van der Waals surface area contributed by atoms with Crippen molar-refractivity contribution < 1.29 is 9.90 Å². The average Bonchev–Trinajstić information content (AvgIpc) is 2.56. The number of amides is 1. The van der Waals surface area contributed by atoms with Gasteiger partial charge in [-0.25, -0.2) is 0 Å². The normalized spacial score (nSPS) is 23.2. The second-order valence-electron chi connectivity index (χ2n) is 5.82. The van der Waals surface area contributed by atoms with Crippen LogP contribution in [-0.2, 0) is 4.79 Å². The van der Waals surface area contributed by atoms with Crippen molar-refractivity contribution in [1.82, 2.24) is 10.2 Å². The molecule has 0 bridgehead atoms. The van der Waals surface area contributed by atoms with E-state index >= 15 is 0 Å². The van der Waals surface area contributed by atoms with Gasteiger partial charge in [-0.2, -0.15) is 0 Å². The fourth-order valence-corrected chi connectivity index (χ4v) is 2.63. The molecule has 0 radical (unpaired) electrons. The number of likely N-dealkylation sites (tertiary alicyclic amines) is 1. The van der Waals surface area contributed by atoms with Crippen LogP contribution < -0.4 is 5.32 Å². The summed E-state index contributed by atoms with van der Waals surface area (Å²) in [5, 5.41) is 12.4. The lowest BCUT2D eigenvalue weighted by molar-refractivity contribution is -0.133. The van der Waals surface area contributed by atoms with Crippen LogP contribution in [0.5, 0.6) is 0 Å². The molecule has 0 aromatic carbocycles. The Morgan fingerprint density at radius 3 is 2.65 bits per heavy atom. The van der Waals surface area contributed by atoms with Gasteiger partial charge in [0.2, 0.25) is 5.91 Å². The van der Waals surface area contributed by atoms with Crippen molar-refractivity contribution in [2.75, 3.05) is 19.7 Å². The van der Waals surface area contributed by atoms with Crippen LogP contribution in [0.25, 0.3) is 0 Å². The first-order valence-electron chi connectivity index (χ1n) is 6.56. The summed E-state index contributed by atoms with van der Waals surface area (Å²) in [5.74, 6) is 0.195. The summed E-state index contributed by atoms with van der Waals surface area (Å²) >= 11 is 0. The molecule has 0 aromatic rings. The number of hydrogen-bond donors (Lipinski definition) is 2. The number of carbonyl (C=O) groups is 1. The van der Waals surface area contributed by atoms with Gasteiger partial charge >= 0.3 is 0 Å². The standard InChI is InChI=1S/C13H26N2O2/c1-5-14-10-6-8-15(12(10)17)11(7-9-16)13(2,3)4/h10-11,14,16H,5-9H2,1-4H3. The maximum Gasteiger partial charge on any atom is 0.240 e. The molecule has 0 aliphatic carbocycles. The van der Waals surface area contributed by atoms with Gasteiger partial charge in [0.1, 0.15) is 0 Å². The van der Waals surface area contributed by atoms with Crippen LogP contribution in [0.3, 0.4) is 0 Å². The molecule has 1 heterocycles. The van der Waals surface area contributed by atoms with Gasteiger partial charge in [0.05, 0.1) is 6.04 Å². The monoisotopic (exact) mass is 242 g/mol. The number of hydrogen-bond acceptors (Lipinski definition) is 3. The third kappa shape index (κ3) is 3.42. The number of likely N-dealkylation sites (N-methyl/N-ethyl adjacent to an activating group) is 1. The first-order valence-corrected chi connectivity index (χ1v) is 6.56. The maximum absolute atomic E-state index is 12.2. The molecular weight excluding hydrogens is 216 g/mol. The molecule has 2 N–H and O–H groups in total. The van der Waals surface area contributed by atoms with Gasteiger partial charge in [0, 0.05) is 19.2 Å². The van der Waals surface area contributed by atoms with E-state index in [1.165, 1.54) is 0 Å². The molecule has 4 heteroatoms. The van der Waals surface area contributed by atoms with E-state index in [9.17, 15) is 4.79 Å². The number of aliphatic hydroxyl groups is 1. The molecule has 2 atom stereocenters. The summed E-state index contributed by atoms with van der Waals surface area (Å²) in [6.07, 6.45) is 1.54. The zero-order valence-electron chi connectivity index (χ0n) is 11.5. The van der Waals surface area contributed by atoms with Crippen molar-refractivity contribution in [2.24, 2.45) is 5.41 Å². The van der Waals surface area contributed by atoms with Crippen molar-refractivity contribution in [3.05, 3.63) is 0 Å². The fourth-order valence-electron chi connectivity index (χ4n) is 2.63. The fraction of sp³-hybridized carbons (Fsp3) is 0.923.